The molecule has 3 rings (SSSR count). The van der Waals surface area contributed by atoms with Gasteiger partial charge in [-0.05, 0) is 37.1 Å². The van der Waals surface area contributed by atoms with Crippen molar-refractivity contribution in [2.24, 2.45) is 0 Å². The molecular formula is C21H25F3N4O2. The highest BCUT2D eigenvalue weighted by atomic mass is 19.4. The summed E-state index contributed by atoms with van der Waals surface area (Å²) in [6.07, 6.45) is -3.79. The van der Waals surface area contributed by atoms with E-state index >= 15 is 0 Å². The number of carbonyl (C=O) groups excluding carboxylic acids is 1. The first-order valence-electron chi connectivity index (χ1n) is 9.64. The van der Waals surface area contributed by atoms with Crippen LogP contribution in [-0.2, 0) is 11.2 Å². The molecule has 6 nitrogen and oxygen atoms in total. The number of alkyl halides is 3. The Balaban J connectivity index is 1.54. The molecular weight excluding hydrogens is 397 g/mol. The summed E-state index contributed by atoms with van der Waals surface area (Å²) in [6, 6.07) is 9.46. The van der Waals surface area contributed by atoms with Crippen LogP contribution in [0.25, 0.3) is 0 Å². The van der Waals surface area contributed by atoms with E-state index in [1.54, 1.807) is 4.90 Å². The normalized spacial score (nSPS) is 16.5. The number of nitrogens with zero attached hydrogens (tertiary/aromatic N) is 3. The predicted octanol–water partition coefficient (Wildman–Crippen LogP) is 3.61. The number of aromatic nitrogens is 1. The van der Waals surface area contributed by atoms with E-state index in [9.17, 15) is 18.0 Å². The van der Waals surface area contributed by atoms with Gasteiger partial charge in [0.25, 0.3) is 0 Å². The van der Waals surface area contributed by atoms with Crippen molar-refractivity contribution in [3.63, 3.8) is 0 Å². The number of likely N-dealkylation sites (tertiary alicyclic amines) is 1. The van der Waals surface area contributed by atoms with Gasteiger partial charge in [-0.2, -0.15) is 0 Å². The first-order chi connectivity index (χ1) is 14.1. The molecule has 1 saturated heterocycles. The Kier molecular flexibility index (Phi) is 6.38. The Morgan fingerprint density at radius 2 is 1.97 bits per heavy atom. The minimum atomic E-state index is -4.73. The Labute approximate surface area is 173 Å². The second kappa shape index (κ2) is 8.81. The summed E-state index contributed by atoms with van der Waals surface area (Å²) < 4.78 is 40.6. The van der Waals surface area contributed by atoms with Gasteiger partial charge in [-0.3, -0.25) is 4.79 Å². The molecule has 0 bridgehead atoms. The van der Waals surface area contributed by atoms with Crippen molar-refractivity contribution in [1.29, 1.82) is 0 Å². The molecule has 9 heteroatoms. The number of anilines is 2. The number of rotatable bonds is 6. The highest BCUT2D eigenvalue weighted by molar-refractivity contribution is 5.79. The van der Waals surface area contributed by atoms with Crippen molar-refractivity contribution in [2.45, 2.75) is 32.2 Å². The van der Waals surface area contributed by atoms with Crippen molar-refractivity contribution < 1.29 is 22.7 Å². The maximum atomic E-state index is 12.6. The number of amides is 1. The fraction of sp³-hybridized carbons (Fsp3) is 0.429. The molecule has 2 heterocycles. The lowest BCUT2D eigenvalue weighted by Gasteiger charge is -2.19. The Morgan fingerprint density at radius 3 is 2.60 bits per heavy atom. The standard InChI is InChI=1S/C21H25F3N4O2/c1-14-10-17(27(2)3)12-19(25-14)26-16-8-9-28(13-16)20(29)11-15-4-6-18(7-5-15)30-21(22,23)24/h4-7,10,12,16H,8-9,11,13H2,1-3H3,(H,25,26)/t16-/m0/s1. The first kappa shape index (κ1) is 21.7. The van der Waals surface area contributed by atoms with Crippen LogP contribution in [0.1, 0.15) is 17.7 Å². The van der Waals surface area contributed by atoms with Crippen molar-refractivity contribution in [3.05, 3.63) is 47.7 Å². The summed E-state index contributed by atoms with van der Waals surface area (Å²) in [4.78, 5) is 20.9. The van der Waals surface area contributed by atoms with Gasteiger partial charge < -0.3 is 19.9 Å². The predicted molar refractivity (Wildman–Crippen MR) is 109 cm³/mol. The van der Waals surface area contributed by atoms with Gasteiger partial charge in [-0.15, -0.1) is 13.2 Å². The fourth-order valence-electron chi connectivity index (χ4n) is 3.39. The van der Waals surface area contributed by atoms with Gasteiger partial charge in [0, 0.05) is 50.7 Å². The maximum Gasteiger partial charge on any atom is 0.573 e. The summed E-state index contributed by atoms with van der Waals surface area (Å²) >= 11 is 0. The minimum absolute atomic E-state index is 0.0602. The molecule has 0 saturated carbocycles. The molecule has 2 aromatic rings. The molecule has 1 aliphatic heterocycles. The quantitative estimate of drug-likeness (QED) is 0.771. The Hall–Kier alpha value is -2.97. The van der Waals surface area contributed by atoms with Crippen LogP contribution >= 0.6 is 0 Å². The topological polar surface area (TPSA) is 57.7 Å². The molecule has 1 atom stereocenters. The lowest BCUT2D eigenvalue weighted by molar-refractivity contribution is -0.274. The van der Waals surface area contributed by atoms with Gasteiger partial charge in [0.1, 0.15) is 11.6 Å². The summed E-state index contributed by atoms with van der Waals surface area (Å²) in [6.45, 7) is 3.12. The van der Waals surface area contributed by atoms with Crippen molar-refractivity contribution in [1.82, 2.24) is 9.88 Å². The van der Waals surface area contributed by atoms with Crippen LogP contribution in [0.2, 0.25) is 0 Å². The number of carbonyl (C=O) groups is 1. The molecule has 0 radical (unpaired) electrons. The molecule has 0 spiro atoms. The van der Waals surface area contributed by atoms with Crippen molar-refractivity contribution in [3.8, 4) is 5.75 Å². The van der Waals surface area contributed by atoms with Crippen LogP contribution in [0.15, 0.2) is 36.4 Å². The number of nitrogens with one attached hydrogen (secondary N) is 1. The zero-order valence-electron chi connectivity index (χ0n) is 17.2. The third-order valence-electron chi connectivity index (χ3n) is 4.86. The molecule has 0 aliphatic carbocycles. The van der Waals surface area contributed by atoms with Gasteiger partial charge >= 0.3 is 6.36 Å². The molecule has 162 valence electrons. The van der Waals surface area contributed by atoms with Crippen LogP contribution in [0, 0.1) is 6.92 Å². The third kappa shape index (κ3) is 6.01. The van der Waals surface area contributed by atoms with E-state index in [1.807, 2.05) is 38.1 Å². The molecule has 1 N–H and O–H groups in total. The molecule has 1 aromatic carbocycles. The second-order valence-corrected chi connectivity index (χ2v) is 7.58. The highest BCUT2D eigenvalue weighted by Crippen LogP contribution is 2.24. The molecule has 1 fully saturated rings. The zero-order valence-corrected chi connectivity index (χ0v) is 17.2. The summed E-state index contributed by atoms with van der Waals surface area (Å²) in [5, 5.41) is 3.40. The Bertz CT molecular complexity index is 885. The van der Waals surface area contributed by atoms with Gasteiger partial charge in [0.05, 0.1) is 6.42 Å². The van der Waals surface area contributed by atoms with Crippen LogP contribution in [-0.4, -0.2) is 55.4 Å². The van der Waals surface area contributed by atoms with Crippen LogP contribution < -0.4 is 15.0 Å². The number of halogens is 3. The molecule has 0 unspecified atom stereocenters. The summed E-state index contributed by atoms with van der Waals surface area (Å²) in [5.74, 6) is 0.417. The average molecular weight is 422 g/mol. The summed E-state index contributed by atoms with van der Waals surface area (Å²) in [5.41, 5.74) is 2.60. The van der Waals surface area contributed by atoms with E-state index in [0.717, 1.165) is 23.6 Å². The molecule has 30 heavy (non-hydrogen) atoms. The van der Waals surface area contributed by atoms with E-state index in [1.165, 1.54) is 24.3 Å². The largest absolute Gasteiger partial charge is 0.573 e. The van der Waals surface area contributed by atoms with Crippen LogP contribution in [0.3, 0.4) is 0 Å². The van der Waals surface area contributed by atoms with Crippen molar-refractivity contribution >= 4 is 17.4 Å². The number of hydrogen-bond donors (Lipinski definition) is 1. The summed E-state index contributed by atoms with van der Waals surface area (Å²) in [7, 11) is 3.94. The number of pyridine rings is 1. The van der Waals surface area contributed by atoms with Crippen LogP contribution in [0.4, 0.5) is 24.7 Å². The monoisotopic (exact) mass is 422 g/mol. The number of benzene rings is 1. The van der Waals surface area contributed by atoms with Gasteiger partial charge in [0.2, 0.25) is 5.91 Å². The van der Waals surface area contributed by atoms with Gasteiger partial charge in [-0.25, -0.2) is 4.98 Å². The number of hydrogen-bond acceptors (Lipinski definition) is 5. The fourth-order valence-corrected chi connectivity index (χ4v) is 3.39. The van der Waals surface area contributed by atoms with E-state index in [0.29, 0.717) is 18.7 Å². The first-order valence-corrected chi connectivity index (χ1v) is 9.64. The smallest absolute Gasteiger partial charge is 0.406 e. The average Bonchev–Trinajstić information content (AvgIpc) is 3.10. The lowest BCUT2D eigenvalue weighted by atomic mass is 10.1. The Morgan fingerprint density at radius 1 is 1.27 bits per heavy atom. The third-order valence-corrected chi connectivity index (χ3v) is 4.86. The number of aryl methyl sites for hydroxylation is 1. The highest BCUT2D eigenvalue weighted by Gasteiger charge is 2.31. The molecule has 1 aromatic heterocycles. The zero-order chi connectivity index (χ0) is 21.9. The van der Waals surface area contributed by atoms with Crippen molar-refractivity contribution in [2.75, 3.05) is 37.4 Å². The SMILES string of the molecule is Cc1cc(N(C)C)cc(N[C@H]2CCN(C(=O)Cc3ccc(OC(F)(F)F)cc3)C2)n1. The molecule has 1 amide bonds. The van der Waals surface area contributed by atoms with Gasteiger partial charge in [-0.1, -0.05) is 12.1 Å². The van der Waals surface area contributed by atoms with E-state index < -0.39 is 6.36 Å². The lowest BCUT2D eigenvalue weighted by Crippen LogP contribution is -2.32. The van der Waals surface area contributed by atoms with E-state index in [-0.39, 0.29) is 24.1 Å². The maximum absolute atomic E-state index is 12.6. The number of ether oxygens (including phenoxy) is 1. The second-order valence-electron chi connectivity index (χ2n) is 7.58. The minimum Gasteiger partial charge on any atom is -0.406 e. The van der Waals surface area contributed by atoms with E-state index in [4.69, 9.17) is 0 Å². The molecule has 1 aliphatic rings. The van der Waals surface area contributed by atoms with E-state index in [2.05, 4.69) is 15.0 Å². The van der Waals surface area contributed by atoms with Crippen LogP contribution in [0.5, 0.6) is 5.75 Å². The van der Waals surface area contributed by atoms with Gasteiger partial charge in [0.15, 0.2) is 0 Å².